The van der Waals surface area contributed by atoms with Crippen molar-refractivity contribution < 1.29 is 19.1 Å². The third-order valence-electron chi connectivity index (χ3n) is 4.20. The zero-order chi connectivity index (χ0) is 19.2. The summed E-state index contributed by atoms with van der Waals surface area (Å²) in [4.78, 5) is 25.3. The molecular formula is C20H23N3O4. The first-order valence-electron chi connectivity index (χ1n) is 8.74. The van der Waals surface area contributed by atoms with Gasteiger partial charge in [0, 0.05) is 26.3 Å². The maximum atomic E-state index is 12.0. The summed E-state index contributed by atoms with van der Waals surface area (Å²) >= 11 is 0. The number of hydrogen-bond acceptors (Lipinski definition) is 4. The molecule has 27 heavy (non-hydrogen) atoms. The van der Waals surface area contributed by atoms with Gasteiger partial charge in [-0.2, -0.15) is 0 Å². The molecule has 0 unspecified atom stereocenters. The Labute approximate surface area is 158 Å². The van der Waals surface area contributed by atoms with Gasteiger partial charge in [0.05, 0.1) is 6.42 Å². The Balaban J connectivity index is 1.43. The molecule has 0 saturated carbocycles. The molecule has 2 N–H and O–H groups in total. The van der Waals surface area contributed by atoms with Gasteiger partial charge in [-0.1, -0.05) is 18.2 Å². The fourth-order valence-corrected chi connectivity index (χ4v) is 2.63. The lowest BCUT2D eigenvalue weighted by Crippen LogP contribution is -2.30. The van der Waals surface area contributed by atoms with Crippen LogP contribution >= 0.6 is 0 Å². The second-order valence-electron chi connectivity index (χ2n) is 6.48. The summed E-state index contributed by atoms with van der Waals surface area (Å²) in [7, 11) is 3.46. The number of anilines is 1. The lowest BCUT2D eigenvalue weighted by atomic mass is 10.1. The quantitative estimate of drug-likeness (QED) is 0.820. The number of hydrogen-bond donors (Lipinski definition) is 2. The van der Waals surface area contributed by atoms with E-state index < -0.39 is 0 Å². The molecule has 0 spiro atoms. The molecule has 0 bridgehead atoms. The number of carbonyl (C=O) groups is 2. The van der Waals surface area contributed by atoms with Crippen LogP contribution in [0.3, 0.4) is 0 Å². The van der Waals surface area contributed by atoms with Crippen molar-refractivity contribution in [3.63, 3.8) is 0 Å². The SMILES string of the molecule is CN(C)C(=O)Cc1ccc(NC(=O)NCCc2ccc3c(c2)OCO3)cc1. The molecule has 2 aromatic carbocycles. The normalized spacial score (nSPS) is 11.8. The maximum absolute atomic E-state index is 12.0. The third kappa shape index (κ3) is 5.13. The summed E-state index contributed by atoms with van der Waals surface area (Å²) in [6, 6.07) is 12.7. The van der Waals surface area contributed by atoms with E-state index in [2.05, 4.69) is 10.6 Å². The minimum atomic E-state index is -0.270. The first-order valence-corrected chi connectivity index (χ1v) is 8.74. The Morgan fingerprint density at radius 3 is 2.44 bits per heavy atom. The fraction of sp³-hybridized carbons (Fsp3) is 0.300. The Hall–Kier alpha value is -3.22. The molecule has 142 valence electrons. The van der Waals surface area contributed by atoms with Gasteiger partial charge in [-0.05, 0) is 41.8 Å². The topological polar surface area (TPSA) is 79.9 Å². The summed E-state index contributed by atoms with van der Waals surface area (Å²) in [6.07, 6.45) is 1.03. The first kappa shape index (κ1) is 18.6. The molecule has 0 saturated heterocycles. The van der Waals surface area contributed by atoms with E-state index in [1.165, 1.54) is 0 Å². The second-order valence-corrected chi connectivity index (χ2v) is 6.48. The Kier molecular flexibility index (Phi) is 5.80. The van der Waals surface area contributed by atoms with Crippen LogP contribution in [-0.2, 0) is 17.6 Å². The first-order chi connectivity index (χ1) is 13.0. The third-order valence-corrected chi connectivity index (χ3v) is 4.20. The van der Waals surface area contributed by atoms with Crippen LogP contribution in [-0.4, -0.2) is 44.3 Å². The van der Waals surface area contributed by atoms with E-state index in [0.29, 0.717) is 25.1 Å². The van der Waals surface area contributed by atoms with Gasteiger partial charge in [0.15, 0.2) is 11.5 Å². The van der Waals surface area contributed by atoms with Gasteiger partial charge in [-0.15, -0.1) is 0 Å². The molecule has 0 radical (unpaired) electrons. The molecular weight excluding hydrogens is 346 g/mol. The second kappa shape index (κ2) is 8.44. The summed E-state index contributed by atoms with van der Waals surface area (Å²) in [6.45, 7) is 0.752. The van der Waals surface area contributed by atoms with Crippen molar-refractivity contribution in [2.75, 3.05) is 32.7 Å². The number of ether oxygens (including phenoxy) is 2. The van der Waals surface area contributed by atoms with Crippen LogP contribution < -0.4 is 20.1 Å². The van der Waals surface area contributed by atoms with Crippen LogP contribution in [0.5, 0.6) is 11.5 Å². The molecule has 7 nitrogen and oxygen atoms in total. The standard InChI is InChI=1S/C20H23N3O4/c1-23(2)19(24)12-14-3-6-16(7-4-14)22-20(25)21-10-9-15-5-8-17-18(11-15)27-13-26-17/h3-8,11H,9-10,12-13H2,1-2H3,(H2,21,22,25). The van der Waals surface area contributed by atoms with Crippen molar-refractivity contribution in [2.45, 2.75) is 12.8 Å². The van der Waals surface area contributed by atoms with Gasteiger partial charge in [-0.3, -0.25) is 4.79 Å². The zero-order valence-corrected chi connectivity index (χ0v) is 15.5. The van der Waals surface area contributed by atoms with E-state index in [4.69, 9.17) is 9.47 Å². The number of benzene rings is 2. The molecule has 0 aromatic heterocycles. The fourth-order valence-electron chi connectivity index (χ4n) is 2.63. The molecule has 2 aromatic rings. The smallest absolute Gasteiger partial charge is 0.319 e. The van der Waals surface area contributed by atoms with Crippen molar-refractivity contribution in [1.82, 2.24) is 10.2 Å². The predicted octanol–water partition coefficient (Wildman–Crippen LogP) is 2.41. The molecule has 3 rings (SSSR count). The molecule has 3 amide bonds. The largest absolute Gasteiger partial charge is 0.454 e. The van der Waals surface area contributed by atoms with Crippen molar-refractivity contribution in [2.24, 2.45) is 0 Å². The number of rotatable bonds is 6. The van der Waals surface area contributed by atoms with Crippen LogP contribution in [0.1, 0.15) is 11.1 Å². The number of nitrogens with one attached hydrogen (secondary N) is 2. The minimum Gasteiger partial charge on any atom is -0.454 e. The molecule has 1 aliphatic rings. The van der Waals surface area contributed by atoms with Gasteiger partial charge in [0.25, 0.3) is 0 Å². The van der Waals surface area contributed by atoms with Crippen molar-refractivity contribution >= 4 is 17.6 Å². The van der Waals surface area contributed by atoms with Crippen LogP contribution in [0.2, 0.25) is 0 Å². The Bertz CT molecular complexity index is 818. The highest BCUT2D eigenvalue weighted by Gasteiger charge is 2.13. The summed E-state index contributed by atoms with van der Waals surface area (Å²) in [5, 5.41) is 5.61. The van der Waals surface area contributed by atoms with E-state index in [1.807, 2.05) is 30.3 Å². The molecule has 0 aliphatic carbocycles. The molecule has 1 heterocycles. The molecule has 1 aliphatic heterocycles. The van der Waals surface area contributed by atoms with E-state index in [9.17, 15) is 9.59 Å². The van der Waals surface area contributed by atoms with Gasteiger partial charge in [0.2, 0.25) is 12.7 Å². The number of nitrogens with zero attached hydrogens (tertiary/aromatic N) is 1. The van der Waals surface area contributed by atoms with Crippen LogP contribution in [0.15, 0.2) is 42.5 Å². The highest BCUT2D eigenvalue weighted by molar-refractivity contribution is 5.89. The van der Waals surface area contributed by atoms with Gasteiger partial charge in [0.1, 0.15) is 0 Å². The number of likely N-dealkylation sites (N-methyl/N-ethyl adjacent to an activating group) is 1. The van der Waals surface area contributed by atoms with E-state index in [-0.39, 0.29) is 18.7 Å². The zero-order valence-electron chi connectivity index (χ0n) is 15.5. The highest BCUT2D eigenvalue weighted by atomic mass is 16.7. The summed E-state index contributed by atoms with van der Waals surface area (Å²) in [5.74, 6) is 1.53. The minimum absolute atomic E-state index is 0.0389. The monoisotopic (exact) mass is 369 g/mol. The lowest BCUT2D eigenvalue weighted by Gasteiger charge is -2.11. The number of amides is 3. The number of fused-ring (bicyclic) bond motifs is 1. The van der Waals surface area contributed by atoms with Crippen LogP contribution in [0.25, 0.3) is 0 Å². The average molecular weight is 369 g/mol. The highest BCUT2D eigenvalue weighted by Crippen LogP contribution is 2.32. The maximum Gasteiger partial charge on any atom is 0.319 e. The van der Waals surface area contributed by atoms with E-state index >= 15 is 0 Å². The summed E-state index contributed by atoms with van der Waals surface area (Å²) < 4.78 is 10.6. The van der Waals surface area contributed by atoms with Gasteiger partial charge < -0.3 is 25.0 Å². The van der Waals surface area contributed by atoms with Crippen LogP contribution in [0, 0.1) is 0 Å². The Morgan fingerprint density at radius 2 is 1.70 bits per heavy atom. The number of carbonyl (C=O) groups excluding carboxylic acids is 2. The number of urea groups is 1. The van der Waals surface area contributed by atoms with E-state index in [1.54, 1.807) is 31.1 Å². The summed E-state index contributed by atoms with van der Waals surface area (Å²) in [5.41, 5.74) is 2.65. The van der Waals surface area contributed by atoms with Gasteiger partial charge in [-0.25, -0.2) is 4.79 Å². The van der Waals surface area contributed by atoms with Gasteiger partial charge >= 0.3 is 6.03 Å². The van der Waals surface area contributed by atoms with E-state index in [0.717, 1.165) is 22.6 Å². The van der Waals surface area contributed by atoms with Crippen molar-refractivity contribution in [3.05, 3.63) is 53.6 Å². The lowest BCUT2D eigenvalue weighted by molar-refractivity contribution is -0.127. The molecule has 0 fully saturated rings. The predicted molar refractivity (Wildman–Crippen MR) is 102 cm³/mol. The molecule has 0 atom stereocenters. The van der Waals surface area contributed by atoms with Crippen molar-refractivity contribution in [3.8, 4) is 11.5 Å². The molecule has 7 heteroatoms. The Morgan fingerprint density at radius 1 is 1.00 bits per heavy atom. The average Bonchev–Trinajstić information content (AvgIpc) is 3.11. The van der Waals surface area contributed by atoms with Crippen LogP contribution in [0.4, 0.5) is 10.5 Å². The van der Waals surface area contributed by atoms with Crippen molar-refractivity contribution in [1.29, 1.82) is 0 Å².